The van der Waals surface area contributed by atoms with Crippen LogP contribution >= 0.6 is 0 Å². The Morgan fingerprint density at radius 2 is 2.06 bits per heavy atom. The van der Waals surface area contributed by atoms with Crippen molar-refractivity contribution in [2.45, 2.75) is 20.8 Å². The summed E-state index contributed by atoms with van der Waals surface area (Å²) in [6.45, 7) is 11.0. The molecule has 5 heteroatoms. The molecule has 5 nitrogen and oxygen atoms in total. The zero-order chi connectivity index (χ0) is 13.1. The van der Waals surface area contributed by atoms with Crippen LogP contribution in [0.5, 0.6) is 0 Å². The monoisotopic (exact) mass is 250 g/mol. The maximum absolute atomic E-state index is 12.3. The maximum Gasteiger partial charge on any atom is 0.257 e. The van der Waals surface area contributed by atoms with E-state index in [-0.39, 0.29) is 5.91 Å². The summed E-state index contributed by atoms with van der Waals surface area (Å²) < 4.78 is 0. The molecule has 1 aromatic heterocycles. The van der Waals surface area contributed by atoms with Crippen LogP contribution in [0, 0.1) is 12.8 Å². The first-order valence-electron chi connectivity index (χ1n) is 6.59. The topological polar surface area (TPSA) is 52.2 Å². The zero-order valence-electron chi connectivity index (χ0n) is 11.4. The van der Waals surface area contributed by atoms with Crippen LogP contribution in [0.3, 0.4) is 0 Å². The Morgan fingerprint density at radius 3 is 2.56 bits per heavy atom. The smallest absolute Gasteiger partial charge is 0.257 e. The lowest BCUT2D eigenvalue weighted by atomic mass is 10.1. The molecule has 1 aliphatic heterocycles. The number of piperazine rings is 1. The second-order valence-corrected chi connectivity index (χ2v) is 5.40. The number of H-pyrrole nitrogens is 1. The normalized spacial score (nSPS) is 17.4. The van der Waals surface area contributed by atoms with Gasteiger partial charge in [-0.1, -0.05) is 13.8 Å². The van der Waals surface area contributed by atoms with Crippen molar-refractivity contribution in [1.29, 1.82) is 0 Å². The summed E-state index contributed by atoms with van der Waals surface area (Å²) in [6.07, 6.45) is 1.62. The molecule has 1 aromatic rings. The summed E-state index contributed by atoms with van der Waals surface area (Å²) >= 11 is 0. The van der Waals surface area contributed by atoms with Crippen molar-refractivity contribution < 1.29 is 4.79 Å². The molecule has 0 radical (unpaired) electrons. The molecular formula is C13H22N4O. The van der Waals surface area contributed by atoms with E-state index in [0.29, 0.717) is 11.5 Å². The molecule has 1 amide bonds. The van der Waals surface area contributed by atoms with E-state index in [1.165, 1.54) is 0 Å². The molecule has 1 aliphatic rings. The molecular weight excluding hydrogens is 228 g/mol. The Hall–Kier alpha value is -1.36. The number of hydrogen-bond acceptors (Lipinski definition) is 3. The lowest BCUT2D eigenvalue weighted by Crippen LogP contribution is -2.49. The van der Waals surface area contributed by atoms with Crippen LogP contribution in [-0.2, 0) is 0 Å². The zero-order valence-corrected chi connectivity index (χ0v) is 11.4. The van der Waals surface area contributed by atoms with Gasteiger partial charge in [0.1, 0.15) is 0 Å². The van der Waals surface area contributed by atoms with Gasteiger partial charge in [-0.2, -0.15) is 5.10 Å². The summed E-state index contributed by atoms with van der Waals surface area (Å²) in [5, 5.41) is 6.72. The summed E-state index contributed by atoms with van der Waals surface area (Å²) in [6, 6.07) is 0. The van der Waals surface area contributed by atoms with Gasteiger partial charge in [0.2, 0.25) is 0 Å². The molecule has 0 saturated carbocycles. The Morgan fingerprint density at radius 1 is 1.39 bits per heavy atom. The van der Waals surface area contributed by atoms with Gasteiger partial charge >= 0.3 is 0 Å². The Labute approximate surface area is 108 Å². The average molecular weight is 250 g/mol. The van der Waals surface area contributed by atoms with Crippen molar-refractivity contribution in [2.24, 2.45) is 5.92 Å². The number of nitrogens with one attached hydrogen (secondary N) is 1. The van der Waals surface area contributed by atoms with Crippen molar-refractivity contribution in [2.75, 3.05) is 32.7 Å². The first-order valence-corrected chi connectivity index (χ1v) is 6.59. The third kappa shape index (κ3) is 2.90. The first-order chi connectivity index (χ1) is 8.58. The maximum atomic E-state index is 12.3. The number of aromatic amines is 1. The fraction of sp³-hybridized carbons (Fsp3) is 0.692. The lowest BCUT2D eigenvalue weighted by Gasteiger charge is -2.35. The van der Waals surface area contributed by atoms with Crippen molar-refractivity contribution >= 4 is 5.91 Å². The molecule has 2 rings (SSSR count). The first kappa shape index (κ1) is 13.1. The van der Waals surface area contributed by atoms with Gasteiger partial charge in [-0.3, -0.25) is 14.8 Å². The number of aryl methyl sites for hydroxylation is 1. The van der Waals surface area contributed by atoms with Gasteiger partial charge in [0.05, 0.1) is 11.8 Å². The standard InChI is InChI=1S/C13H22N4O/c1-10(2)9-16-4-6-17(7-5-16)13(18)12-8-14-15-11(12)3/h8,10H,4-7,9H2,1-3H3,(H,14,15). The molecule has 18 heavy (non-hydrogen) atoms. The number of carbonyl (C=O) groups excluding carboxylic acids is 1. The van der Waals surface area contributed by atoms with E-state index in [0.717, 1.165) is 38.4 Å². The third-order valence-electron chi connectivity index (χ3n) is 3.34. The van der Waals surface area contributed by atoms with Crippen molar-refractivity contribution in [3.63, 3.8) is 0 Å². The van der Waals surface area contributed by atoms with E-state index in [2.05, 4.69) is 28.9 Å². The molecule has 0 bridgehead atoms. The van der Waals surface area contributed by atoms with Crippen molar-refractivity contribution in [3.8, 4) is 0 Å². The molecule has 0 aromatic carbocycles. The molecule has 0 aliphatic carbocycles. The Balaban J connectivity index is 1.90. The summed E-state index contributed by atoms with van der Waals surface area (Å²) in [4.78, 5) is 16.6. The minimum atomic E-state index is 0.102. The number of hydrogen-bond donors (Lipinski definition) is 1. The molecule has 100 valence electrons. The number of rotatable bonds is 3. The van der Waals surface area contributed by atoms with Crippen molar-refractivity contribution in [1.82, 2.24) is 20.0 Å². The summed E-state index contributed by atoms with van der Waals surface area (Å²) in [5.74, 6) is 0.786. The molecule has 0 atom stereocenters. The molecule has 1 saturated heterocycles. The number of amides is 1. The summed E-state index contributed by atoms with van der Waals surface area (Å²) in [5.41, 5.74) is 1.55. The number of carbonyl (C=O) groups is 1. The molecule has 1 N–H and O–H groups in total. The number of nitrogens with zero attached hydrogens (tertiary/aromatic N) is 3. The SMILES string of the molecule is Cc1[nH]ncc1C(=O)N1CCN(CC(C)C)CC1. The van der Waals surface area contributed by atoms with Gasteiger partial charge in [0, 0.05) is 38.4 Å². The van der Waals surface area contributed by atoms with E-state index in [1.807, 2.05) is 11.8 Å². The second-order valence-electron chi connectivity index (χ2n) is 5.40. The minimum Gasteiger partial charge on any atom is -0.336 e. The quantitative estimate of drug-likeness (QED) is 0.875. The fourth-order valence-electron chi connectivity index (χ4n) is 2.39. The van der Waals surface area contributed by atoms with Crippen LogP contribution in [-0.4, -0.2) is 58.6 Å². The van der Waals surface area contributed by atoms with Crippen LogP contribution in [0.15, 0.2) is 6.20 Å². The summed E-state index contributed by atoms with van der Waals surface area (Å²) in [7, 11) is 0. The van der Waals surface area contributed by atoms with Gasteiger partial charge in [-0.25, -0.2) is 0 Å². The second kappa shape index (κ2) is 5.52. The van der Waals surface area contributed by atoms with E-state index >= 15 is 0 Å². The highest BCUT2D eigenvalue weighted by Crippen LogP contribution is 2.11. The lowest BCUT2D eigenvalue weighted by molar-refractivity contribution is 0.0623. The van der Waals surface area contributed by atoms with Crippen LogP contribution in [0.2, 0.25) is 0 Å². The van der Waals surface area contributed by atoms with E-state index in [9.17, 15) is 4.79 Å². The van der Waals surface area contributed by atoms with Gasteiger partial charge in [0.25, 0.3) is 5.91 Å². The van der Waals surface area contributed by atoms with Gasteiger partial charge < -0.3 is 4.90 Å². The predicted octanol–water partition coefficient (Wildman–Crippen LogP) is 1.13. The minimum absolute atomic E-state index is 0.102. The molecule has 0 unspecified atom stereocenters. The predicted molar refractivity (Wildman–Crippen MR) is 70.5 cm³/mol. The van der Waals surface area contributed by atoms with E-state index < -0.39 is 0 Å². The highest BCUT2D eigenvalue weighted by atomic mass is 16.2. The number of aromatic nitrogens is 2. The average Bonchev–Trinajstić information content (AvgIpc) is 2.75. The Bertz CT molecular complexity index is 405. The third-order valence-corrected chi connectivity index (χ3v) is 3.34. The van der Waals surface area contributed by atoms with Crippen LogP contribution in [0.1, 0.15) is 29.9 Å². The molecule has 2 heterocycles. The van der Waals surface area contributed by atoms with E-state index in [1.54, 1.807) is 6.20 Å². The molecule has 1 fully saturated rings. The van der Waals surface area contributed by atoms with Crippen molar-refractivity contribution in [3.05, 3.63) is 17.5 Å². The van der Waals surface area contributed by atoms with Crippen LogP contribution in [0.25, 0.3) is 0 Å². The van der Waals surface area contributed by atoms with Crippen LogP contribution < -0.4 is 0 Å². The van der Waals surface area contributed by atoms with Gasteiger partial charge in [0.15, 0.2) is 0 Å². The van der Waals surface area contributed by atoms with Gasteiger partial charge in [-0.05, 0) is 12.8 Å². The molecule has 0 spiro atoms. The fourth-order valence-corrected chi connectivity index (χ4v) is 2.39. The van der Waals surface area contributed by atoms with E-state index in [4.69, 9.17) is 0 Å². The van der Waals surface area contributed by atoms with Crippen LogP contribution in [0.4, 0.5) is 0 Å². The largest absolute Gasteiger partial charge is 0.336 e. The van der Waals surface area contributed by atoms with Gasteiger partial charge in [-0.15, -0.1) is 0 Å². The Kier molecular flexibility index (Phi) is 4.01. The highest BCUT2D eigenvalue weighted by Gasteiger charge is 2.23. The highest BCUT2D eigenvalue weighted by molar-refractivity contribution is 5.95.